The first-order valence-corrected chi connectivity index (χ1v) is 6.32. The Morgan fingerprint density at radius 2 is 1.95 bits per heavy atom. The van der Waals surface area contributed by atoms with Gasteiger partial charge < -0.3 is 15.1 Å². The van der Waals surface area contributed by atoms with Crippen LogP contribution in [0.1, 0.15) is 16.8 Å². The number of benzene rings is 1. The van der Waals surface area contributed by atoms with E-state index in [0.29, 0.717) is 5.02 Å². The minimum atomic E-state index is -1.13. The highest BCUT2D eigenvalue weighted by molar-refractivity contribution is 6.42. The molecule has 0 bridgehead atoms. The highest BCUT2D eigenvalue weighted by Crippen LogP contribution is 2.26. The molecule has 7 heteroatoms. The van der Waals surface area contributed by atoms with E-state index in [0.717, 1.165) is 4.90 Å². The number of nitrogens with zero attached hydrogens (tertiary/aromatic N) is 1. The number of halogens is 2. The van der Waals surface area contributed by atoms with Crippen molar-refractivity contribution >= 4 is 35.1 Å². The average molecular weight is 304 g/mol. The van der Waals surface area contributed by atoms with Crippen LogP contribution in [0.2, 0.25) is 10.0 Å². The number of aliphatic hydroxyl groups is 1. The summed E-state index contributed by atoms with van der Waals surface area (Å²) < 4.78 is 0. The van der Waals surface area contributed by atoms with Crippen LogP contribution in [0, 0.1) is 0 Å². The van der Waals surface area contributed by atoms with Gasteiger partial charge in [0.05, 0.1) is 16.1 Å². The maximum atomic E-state index is 12.2. The van der Waals surface area contributed by atoms with Gasteiger partial charge in [-0.2, -0.15) is 0 Å². The molecule has 1 aromatic carbocycles. The molecule has 0 radical (unpaired) electrons. The van der Waals surface area contributed by atoms with Gasteiger partial charge in [0.1, 0.15) is 6.04 Å². The molecule has 0 saturated carbocycles. The van der Waals surface area contributed by atoms with Crippen LogP contribution < -0.4 is 0 Å². The maximum absolute atomic E-state index is 12.2. The van der Waals surface area contributed by atoms with Gasteiger partial charge in [-0.05, 0) is 18.2 Å². The zero-order valence-electron chi connectivity index (χ0n) is 9.72. The van der Waals surface area contributed by atoms with Crippen molar-refractivity contribution in [3.8, 4) is 0 Å². The van der Waals surface area contributed by atoms with Gasteiger partial charge in [-0.25, -0.2) is 4.79 Å². The summed E-state index contributed by atoms with van der Waals surface area (Å²) in [6, 6.07) is 3.31. The summed E-state index contributed by atoms with van der Waals surface area (Å²) in [4.78, 5) is 24.4. The fraction of sp³-hybridized carbons (Fsp3) is 0.333. The number of carbonyl (C=O) groups is 2. The standard InChI is InChI=1S/C12H11Cl2NO4/c13-8-2-1-6(3-9(8)14)11(17)15-5-7(16)4-10(15)12(18)19/h1-3,7,10,16H,4-5H2,(H,18,19)/t7-,10-/m1/s1. The third-order valence-electron chi connectivity index (χ3n) is 2.99. The molecule has 1 heterocycles. The first-order chi connectivity index (χ1) is 8.90. The molecule has 19 heavy (non-hydrogen) atoms. The van der Waals surface area contributed by atoms with Gasteiger partial charge in [-0.1, -0.05) is 23.2 Å². The molecule has 0 unspecified atom stereocenters. The Kier molecular flexibility index (Phi) is 3.99. The number of β-amino-alcohol motifs (C(OH)–C–C–N with tert-alkyl or cyclic N) is 1. The number of hydrogen-bond donors (Lipinski definition) is 2. The summed E-state index contributed by atoms with van der Waals surface area (Å²) in [5.41, 5.74) is 0.245. The maximum Gasteiger partial charge on any atom is 0.326 e. The Hall–Kier alpha value is -1.30. The van der Waals surface area contributed by atoms with Crippen molar-refractivity contribution < 1.29 is 19.8 Å². The van der Waals surface area contributed by atoms with Crippen LogP contribution in [0.15, 0.2) is 18.2 Å². The highest BCUT2D eigenvalue weighted by atomic mass is 35.5. The lowest BCUT2D eigenvalue weighted by Crippen LogP contribution is -2.40. The van der Waals surface area contributed by atoms with Gasteiger partial charge in [0.2, 0.25) is 0 Å². The van der Waals surface area contributed by atoms with Crippen LogP contribution in [0.25, 0.3) is 0 Å². The molecule has 2 rings (SSSR count). The van der Waals surface area contributed by atoms with Crippen molar-refractivity contribution in [3.05, 3.63) is 33.8 Å². The van der Waals surface area contributed by atoms with Crippen molar-refractivity contribution in [2.24, 2.45) is 0 Å². The number of carbonyl (C=O) groups excluding carboxylic acids is 1. The summed E-state index contributed by atoms with van der Waals surface area (Å²) in [5.74, 6) is -1.62. The van der Waals surface area contributed by atoms with Gasteiger partial charge in [-0.3, -0.25) is 4.79 Å². The van der Waals surface area contributed by atoms with Crippen LogP contribution >= 0.6 is 23.2 Å². The summed E-state index contributed by atoms with van der Waals surface area (Å²) in [7, 11) is 0. The Morgan fingerprint density at radius 1 is 1.26 bits per heavy atom. The fourth-order valence-corrected chi connectivity index (χ4v) is 2.37. The van der Waals surface area contributed by atoms with E-state index in [1.54, 1.807) is 0 Å². The Bertz CT molecular complexity index is 534. The third kappa shape index (κ3) is 2.83. The number of carboxylic acid groups (broad SMARTS) is 1. The minimum absolute atomic E-state index is 0.00392. The van der Waals surface area contributed by atoms with E-state index in [-0.39, 0.29) is 23.6 Å². The van der Waals surface area contributed by atoms with E-state index in [2.05, 4.69) is 0 Å². The molecule has 5 nitrogen and oxygen atoms in total. The van der Waals surface area contributed by atoms with Gasteiger partial charge in [-0.15, -0.1) is 0 Å². The highest BCUT2D eigenvalue weighted by Gasteiger charge is 2.39. The molecular formula is C12H11Cl2NO4. The molecule has 1 aromatic rings. The first kappa shape index (κ1) is 14.1. The smallest absolute Gasteiger partial charge is 0.326 e. The molecule has 2 atom stereocenters. The predicted molar refractivity (Wildman–Crippen MR) is 69.5 cm³/mol. The van der Waals surface area contributed by atoms with E-state index in [1.165, 1.54) is 18.2 Å². The molecule has 0 aromatic heterocycles. The van der Waals surface area contributed by atoms with Crippen molar-refractivity contribution in [2.45, 2.75) is 18.6 Å². The molecule has 1 amide bonds. The number of hydrogen-bond acceptors (Lipinski definition) is 3. The van der Waals surface area contributed by atoms with E-state index in [4.69, 9.17) is 28.3 Å². The predicted octanol–water partition coefficient (Wildman–Crippen LogP) is 1.65. The lowest BCUT2D eigenvalue weighted by molar-refractivity contribution is -0.141. The zero-order chi connectivity index (χ0) is 14.2. The van der Waals surface area contributed by atoms with E-state index in [1.807, 2.05) is 0 Å². The molecule has 102 valence electrons. The van der Waals surface area contributed by atoms with Crippen molar-refractivity contribution in [1.82, 2.24) is 4.90 Å². The number of aliphatic carboxylic acids is 1. The van der Waals surface area contributed by atoms with E-state index in [9.17, 15) is 14.7 Å². The molecular weight excluding hydrogens is 293 g/mol. The van der Waals surface area contributed by atoms with E-state index < -0.39 is 24.0 Å². The van der Waals surface area contributed by atoms with Crippen LogP contribution in [-0.4, -0.2) is 45.7 Å². The number of rotatable bonds is 2. The number of carboxylic acids is 1. The van der Waals surface area contributed by atoms with Gasteiger partial charge in [0.25, 0.3) is 5.91 Å². The van der Waals surface area contributed by atoms with Gasteiger partial charge in [0.15, 0.2) is 0 Å². The lowest BCUT2D eigenvalue weighted by atomic mass is 10.1. The Morgan fingerprint density at radius 3 is 2.53 bits per heavy atom. The third-order valence-corrected chi connectivity index (χ3v) is 3.73. The monoisotopic (exact) mass is 303 g/mol. The molecule has 1 fully saturated rings. The first-order valence-electron chi connectivity index (χ1n) is 5.57. The lowest BCUT2D eigenvalue weighted by Gasteiger charge is -2.21. The SMILES string of the molecule is O=C(O)[C@H]1C[C@@H](O)CN1C(=O)c1ccc(Cl)c(Cl)c1. The molecule has 0 spiro atoms. The average Bonchev–Trinajstić information content (AvgIpc) is 2.74. The normalized spacial score (nSPS) is 22.6. The fourth-order valence-electron chi connectivity index (χ4n) is 2.07. The van der Waals surface area contributed by atoms with Crippen molar-refractivity contribution in [3.63, 3.8) is 0 Å². The second-order valence-corrected chi connectivity index (χ2v) is 5.14. The Balaban J connectivity index is 2.27. The molecule has 1 aliphatic rings. The van der Waals surface area contributed by atoms with Crippen molar-refractivity contribution in [1.29, 1.82) is 0 Å². The quantitative estimate of drug-likeness (QED) is 0.871. The number of likely N-dealkylation sites (tertiary alicyclic amines) is 1. The second kappa shape index (κ2) is 5.36. The number of amides is 1. The van der Waals surface area contributed by atoms with Gasteiger partial charge in [0, 0.05) is 18.5 Å². The van der Waals surface area contributed by atoms with Crippen LogP contribution in [-0.2, 0) is 4.79 Å². The van der Waals surface area contributed by atoms with Gasteiger partial charge >= 0.3 is 5.97 Å². The number of aliphatic hydroxyl groups excluding tert-OH is 1. The molecule has 0 aliphatic carbocycles. The van der Waals surface area contributed by atoms with Crippen molar-refractivity contribution in [2.75, 3.05) is 6.54 Å². The largest absolute Gasteiger partial charge is 0.480 e. The Labute approximate surface area is 119 Å². The minimum Gasteiger partial charge on any atom is -0.480 e. The van der Waals surface area contributed by atoms with E-state index >= 15 is 0 Å². The zero-order valence-corrected chi connectivity index (χ0v) is 11.2. The van der Waals surface area contributed by atoms with Crippen LogP contribution in [0.3, 0.4) is 0 Å². The molecule has 1 aliphatic heterocycles. The topological polar surface area (TPSA) is 77.8 Å². The summed E-state index contributed by atoms with van der Waals surface area (Å²) in [5, 5.41) is 19.1. The summed E-state index contributed by atoms with van der Waals surface area (Å²) in [6.45, 7) is -0.00392. The van der Waals surface area contributed by atoms with Crippen LogP contribution in [0.5, 0.6) is 0 Å². The summed E-state index contributed by atoms with van der Waals surface area (Å²) in [6.07, 6.45) is -0.796. The van der Waals surface area contributed by atoms with Crippen LogP contribution in [0.4, 0.5) is 0 Å². The summed E-state index contributed by atoms with van der Waals surface area (Å²) >= 11 is 11.6. The molecule has 2 N–H and O–H groups in total. The second-order valence-electron chi connectivity index (χ2n) is 4.33. The molecule has 1 saturated heterocycles.